The minimum atomic E-state index is 0.792. The van der Waals surface area contributed by atoms with Crippen molar-refractivity contribution in [2.75, 3.05) is 70.1 Å². The summed E-state index contributed by atoms with van der Waals surface area (Å²) < 4.78 is 0. The summed E-state index contributed by atoms with van der Waals surface area (Å²) in [7, 11) is 4.37. The van der Waals surface area contributed by atoms with Crippen LogP contribution < -0.4 is 10.2 Å². The molecule has 2 aliphatic rings. The molecule has 109 valence electrons. The van der Waals surface area contributed by atoms with Crippen LogP contribution >= 0.6 is 0 Å². The molecule has 0 atom stereocenters. The second kappa shape index (κ2) is 6.02. The first kappa shape index (κ1) is 13.7. The summed E-state index contributed by atoms with van der Waals surface area (Å²) in [5.74, 6) is 0.792. The van der Waals surface area contributed by atoms with Crippen molar-refractivity contribution in [3.05, 3.63) is 24.3 Å². The van der Waals surface area contributed by atoms with Gasteiger partial charge in [-0.25, -0.2) is 0 Å². The Morgan fingerprint density at radius 1 is 1.15 bits per heavy atom. The van der Waals surface area contributed by atoms with E-state index in [-0.39, 0.29) is 0 Å². The predicted molar refractivity (Wildman–Crippen MR) is 84.5 cm³/mol. The molecule has 0 saturated carbocycles. The van der Waals surface area contributed by atoms with Crippen LogP contribution in [0.2, 0.25) is 0 Å². The monoisotopic (exact) mass is 273 g/mol. The van der Waals surface area contributed by atoms with E-state index in [0.717, 1.165) is 44.3 Å². The van der Waals surface area contributed by atoms with Gasteiger partial charge in [-0.3, -0.25) is 0 Å². The van der Waals surface area contributed by atoms with Gasteiger partial charge in [0, 0.05) is 69.2 Å². The van der Waals surface area contributed by atoms with Gasteiger partial charge in [0.2, 0.25) is 0 Å². The summed E-state index contributed by atoms with van der Waals surface area (Å²) in [5, 5.41) is 3.54. The molecule has 1 aromatic rings. The van der Waals surface area contributed by atoms with Crippen LogP contribution in [0.5, 0.6) is 0 Å². The second-order valence-corrected chi connectivity index (χ2v) is 6.22. The molecule has 2 heterocycles. The van der Waals surface area contributed by atoms with E-state index in [1.54, 1.807) is 0 Å². The van der Waals surface area contributed by atoms with E-state index in [4.69, 9.17) is 0 Å². The van der Waals surface area contributed by atoms with Gasteiger partial charge in [-0.2, -0.15) is 0 Å². The van der Waals surface area contributed by atoms with Gasteiger partial charge in [-0.1, -0.05) is 6.07 Å². The van der Waals surface area contributed by atoms with Crippen molar-refractivity contribution in [1.29, 1.82) is 0 Å². The summed E-state index contributed by atoms with van der Waals surface area (Å²) in [4.78, 5) is 7.21. The van der Waals surface area contributed by atoms with Crippen LogP contribution in [0.1, 0.15) is 0 Å². The first-order chi connectivity index (χ1) is 9.70. The number of nitrogens with one attached hydrogen (secondary N) is 1. The van der Waals surface area contributed by atoms with Crippen molar-refractivity contribution in [3.8, 4) is 0 Å². The van der Waals surface area contributed by atoms with Gasteiger partial charge in [-0.05, 0) is 26.2 Å². The van der Waals surface area contributed by atoms with E-state index in [1.165, 1.54) is 18.8 Å². The van der Waals surface area contributed by atoms with Gasteiger partial charge >= 0.3 is 0 Å². The molecule has 1 N–H and O–H groups in total. The Bertz CT molecular complexity index is 434. The van der Waals surface area contributed by atoms with Crippen LogP contribution in [0.25, 0.3) is 0 Å². The minimum Gasteiger partial charge on any atom is -0.384 e. The highest BCUT2D eigenvalue weighted by molar-refractivity contribution is 5.57. The quantitative estimate of drug-likeness (QED) is 0.890. The number of rotatable bonds is 4. The van der Waals surface area contributed by atoms with Crippen molar-refractivity contribution < 1.29 is 0 Å². The number of nitrogens with zero attached hydrogens (tertiary/aromatic N) is 3. The van der Waals surface area contributed by atoms with E-state index in [2.05, 4.69) is 52.3 Å². The van der Waals surface area contributed by atoms with Crippen LogP contribution in [0, 0.1) is 12.0 Å². The first-order valence-corrected chi connectivity index (χ1v) is 7.58. The van der Waals surface area contributed by atoms with E-state index in [9.17, 15) is 0 Å². The lowest BCUT2D eigenvalue weighted by molar-refractivity contribution is 0.144. The van der Waals surface area contributed by atoms with Crippen LogP contribution in [-0.4, -0.2) is 69.7 Å². The molecule has 1 radical (unpaired) electrons. The van der Waals surface area contributed by atoms with Gasteiger partial charge in [-0.15, -0.1) is 0 Å². The highest BCUT2D eigenvalue weighted by Gasteiger charge is 2.22. The van der Waals surface area contributed by atoms with Crippen LogP contribution in [0.3, 0.4) is 0 Å². The van der Waals surface area contributed by atoms with E-state index >= 15 is 0 Å². The number of hydrogen-bond donors (Lipinski definition) is 1. The first-order valence-electron chi connectivity index (χ1n) is 7.58. The Morgan fingerprint density at radius 2 is 1.90 bits per heavy atom. The highest BCUT2D eigenvalue weighted by atomic mass is 15.2. The lowest BCUT2D eigenvalue weighted by Gasteiger charge is -2.36. The average Bonchev–Trinajstić information content (AvgIpc) is 2.43. The normalized spacial score (nSPS) is 21.8. The van der Waals surface area contributed by atoms with Crippen molar-refractivity contribution in [2.45, 2.75) is 0 Å². The molecule has 2 aliphatic heterocycles. The largest absolute Gasteiger partial charge is 0.384 e. The predicted octanol–water partition coefficient (Wildman–Crippen LogP) is 1.21. The summed E-state index contributed by atoms with van der Waals surface area (Å²) in [6.07, 6.45) is 0. The number of hydrogen-bond acceptors (Lipinski definition) is 4. The third-order valence-corrected chi connectivity index (χ3v) is 4.37. The number of anilines is 2. The second-order valence-electron chi connectivity index (χ2n) is 6.22. The summed E-state index contributed by atoms with van der Waals surface area (Å²) in [6, 6.07) is 9.77. The Hall–Kier alpha value is -1.26. The van der Waals surface area contributed by atoms with Crippen LogP contribution in [0.4, 0.5) is 11.4 Å². The van der Waals surface area contributed by atoms with Gasteiger partial charge in [0.1, 0.15) is 0 Å². The molecule has 0 spiro atoms. The zero-order chi connectivity index (χ0) is 13.9. The molecule has 0 bridgehead atoms. The number of likely N-dealkylation sites (N-methyl/N-ethyl adjacent to an activating group) is 1. The number of likely N-dealkylation sites (tertiary alicyclic amines) is 1. The van der Waals surface area contributed by atoms with Crippen molar-refractivity contribution in [1.82, 2.24) is 9.80 Å². The Balaban J connectivity index is 1.55. The average molecular weight is 273 g/mol. The lowest BCUT2D eigenvalue weighted by atomic mass is 10.0. The fraction of sp³-hybridized carbons (Fsp3) is 0.625. The topological polar surface area (TPSA) is 21.8 Å². The molecule has 0 amide bonds. The Kier molecular flexibility index (Phi) is 4.13. The molecular formula is C16H25N4. The van der Waals surface area contributed by atoms with Crippen molar-refractivity contribution in [3.63, 3.8) is 0 Å². The minimum absolute atomic E-state index is 0.792. The van der Waals surface area contributed by atoms with Gasteiger partial charge in [0.15, 0.2) is 0 Å². The zero-order valence-corrected chi connectivity index (χ0v) is 12.6. The molecule has 0 aromatic heterocycles. The summed E-state index contributed by atoms with van der Waals surface area (Å²) in [6.45, 7) is 8.02. The molecule has 2 saturated heterocycles. The highest BCUT2D eigenvalue weighted by Crippen LogP contribution is 2.21. The van der Waals surface area contributed by atoms with Crippen molar-refractivity contribution >= 4 is 11.4 Å². The van der Waals surface area contributed by atoms with E-state index in [1.807, 2.05) is 6.07 Å². The number of piperazine rings is 1. The fourth-order valence-electron chi connectivity index (χ4n) is 3.03. The summed E-state index contributed by atoms with van der Waals surface area (Å²) in [5.41, 5.74) is 2.46. The van der Waals surface area contributed by atoms with Crippen LogP contribution in [-0.2, 0) is 0 Å². The fourth-order valence-corrected chi connectivity index (χ4v) is 3.03. The van der Waals surface area contributed by atoms with E-state index in [0.29, 0.717) is 0 Å². The molecule has 0 aliphatic carbocycles. The third kappa shape index (κ3) is 3.25. The SMILES string of the molecule is CN1CCN(c2cc[c]c(NCC3CN(C)C3)c2)CC1. The number of benzene rings is 1. The summed E-state index contributed by atoms with van der Waals surface area (Å²) >= 11 is 0. The maximum Gasteiger partial charge on any atom is 0.0441 e. The molecular weight excluding hydrogens is 248 g/mol. The Morgan fingerprint density at radius 3 is 2.60 bits per heavy atom. The molecule has 1 aromatic carbocycles. The molecule has 2 fully saturated rings. The molecule has 0 unspecified atom stereocenters. The standard InChI is InChI=1S/C16H25N4/c1-18-6-8-20(9-7-18)16-5-3-4-15(10-16)17-11-14-12-19(2)13-14/h3,5,10,14,17H,6-9,11-13H2,1-2H3. The maximum atomic E-state index is 3.54. The van der Waals surface area contributed by atoms with E-state index < -0.39 is 0 Å². The lowest BCUT2D eigenvalue weighted by Crippen LogP contribution is -2.46. The van der Waals surface area contributed by atoms with Gasteiger partial charge in [0.25, 0.3) is 0 Å². The van der Waals surface area contributed by atoms with Crippen LogP contribution in [0.15, 0.2) is 18.2 Å². The maximum absolute atomic E-state index is 3.54. The smallest absolute Gasteiger partial charge is 0.0441 e. The molecule has 20 heavy (non-hydrogen) atoms. The third-order valence-electron chi connectivity index (χ3n) is 4.37. The Labute approximate surface area is 122 Å². The van der Waals surface area contributed by atoms with Gasteiger partial charge in [0.05, 0.1) is 0 Å². The molecule has 4 nitrogen and oxygen atoms in total. The molecule has 3 rings (SSSR count). The van der Waals surface area contributed by atoms with Gasteiger partial charge < -0.3 is 20.0 Å². The van der Waals surface area contributed by atoms with Crippen molar-refractivity contribution in [2.24, 2.45) is 5.92 Å². The molecule has 4 heteroatoms. The zero-order valence-electron chi connectivity index (χ0n) is 12.6.